The zero-order valence-corrected chi connectivity index (χ0v) is 20.0. The number of hydrogen-bond acceptors (Lipinski definition) is 4. The van der Waals surface area contributed by atoms with Gasteiger partial charge in [0.15, 0.2) is 0 Å². The molecule has 0 fully saturated rings. The molecule has 184 valence electrons. The maximum Gasteiger partial charge on any atom is 0.259 e. The smallest absolute Gasteiger partial charge is 0.259 e. The van der Waals surface area contributed by atoms with E-state index in [1.165, 1.54) is 6.07 Å². The molecule has 0 radical (unpaired) electrons. The first-order valence-corrected chi connectivity index (χ1v) is 11.8. The first kappa shape index (κ1) is 23.6. The lowest BCUT2D eigenvalue weighted by molar-refractivity contribution is 0.0732. The molecule has 9 heteroatoms. The number of hydrogen-bond donors (Lipinski definition) is 0. The van der Waals surface area contributed by atoms with Crippen molar-refractivity contribution in [1.82, 2.24) is 24.2 Å². The van der Waals surface area contributed by atoms with Gasteiger partial charge in [0.1, 0.15) is 11.6 Å². The van der Waals surface area contributed by atoms with E-state index in [1.807, 2.05) is 26.0 Å². The van der Waals surface area contributed by atoms with Gasteiger partial charge in [-0.05, 0) is 49.7 Å². The zero-order chi connectivity index (χ0) is 25.4. The van der Waals surface area contributed by atoms with Crippen molar-refractivity contribution >= 4 is 5.91 Å². The van der Waals surface area contributed by atoms with E-state index >= 15 is 0 Å². The summed E-state index contributed by atoms with van der Waals surface area (Å²) in [4.78, 5) is 32.8. The maximum atomic E-state index is 14.7. The summed E-state index contributed by atoms with van der Waals surface area (Å²) >= 11 is 0. The third-order valence-corrected chi connectivity index (χ3v) is 6.40. The van der Waals surface area contributed by atoms with Crippen molar-refractivity contribution in [3.63, 3.8) is 0 Å². The second-order valence-corrected chi connectivity index (χ2v) is 9.15. The topological polar surface area (TPSA) is 73.0 Å². The van der Waals surface area contributed by atoms with Gasteiger partial charge in [0.25, 0.3) is 11.5 Å². The van der Waals surface area contributed by atoms with Crippen LogP contribution in [-0.2, 0) is 19.5 Å². The number of carbonyl (C=O) groups is 1. The molecule has 0 N–H and O–H groups in total. The fraction of sp³-hybridized carbons (Fsp3) is 0.259. The Morgan fingerprint density at radius 3 is 2.64 bits per heavy atom. The Kier molecular flexibility index (Phi) is 6.22. The van der Waals surface area contributed by atoms with Gasteiger partial charge in [0.05, 0.1) is 29.6 Å². The highest BCUT2D eigenvalue weighted by Crippen LogP contribution is 2.27. The number of aromatic nitrogens is 4. The first-order chi connectivity index (χ1) is 17.3. The largest absolute Gasteiger partial charge is 0.334 e. The third-order valence-electron chi connectivity index (χ3n) is 6.40. The van der Waals surface area contributed by atoms with E-state index in [9.17, 15) is 18.4 Å². The SMILES string of the molecule is CC(C)n1cc(C(=O)N2CCc3c(cc(-c4ccc(F)cc4F)c(=O)n3Cc3ccccn3)C2)cn1. The monoisotopic (exact) mass is 489 g/mol. The summed E-state index contributed by atoms with van der Waals surface area (Å²) in [6.45, 7) is 4.84. The Labute approximate surface area is 206 Å². The highest BCUT2D eigenvalue weighted by Gasteiger charge is 2.27. The van der Waals surface area contributed by atoms with Gasteiger partial charge in [0, 0.05) is 55.3 Å². The zero-order valence-electron chi connectivity index (χ0n) is 20.0. The quantitative estimate of drug-likeness (QED) is 0.421. The standard InChI is InChI=1S/C27H25F2N5O2/c1-17(2)34-15-19(13-31-34)26(35)32-10-8-25-18(14-32)11-23(22-7-6-20(28)12-24(22)29)27(36)33(25)16-21-5-3-4-9-30-21/h3-7,9,11-13,15,17H,8,10,14,16H2,1-2H3. The van der Waals surface area contributed by atoms with Crippen molar-refractivity contribution in [2.75, 3.05) is 6.54 Å². The van der Waals surface area contributed by atoms with Gasteiger partial charge in [-0.1, -0.05) is 6.07 Å². The summed E-state index contributed by atoms with van der Waals surface area (Å²) in [5.74, 6) is -1.70. The summed E-state index contributed by atoms with van der Waals surface area (Å²) in [5.41, 5.74) is 2.42. The molecule has 0 saturated heterocycles. The number of fused-ring (bicyclic) bond motifs is 1. The van der Waals surface area contributed by atoms with E-state index in [-0.39, 0.29) is 41.7 Å². The van der Waals surface area contributed by atoms with Crippen LogP contribution in [0.25, 0.3) is 11.1 Å². The minimum absolute atomic E-state index is 0.0145. The van der Waals surface area contributed by atoms with Gasteiger partial charge in [-0.15, -0.1) is 0 Å². The Hall–Kier alpha value is -4.14. The normalized spacial score (nSPS) is 13.2. The van der Waals surface area contributed by atoms with E-state index in [4.69, 9.17) is 0 Å². The number of pyridine rings is 2. The molecule has 36 heavy (non-hydrogen) atoms. The fourth-order valence-corrected chi connectivity index (χ4v) is 4.53. The molecule has 0 bridgehead atoms. The van der Waals surface area contributed by atoms with Crippen LogP contribution in [0.5, 0.6) is 0 Å². The molecule has 3 aromatic heterocycles. The van der Waals surface area contributed by atoms with Gasteiger partial charge >= 0.3 is 0 Å². The molecule has 1 amide bonds. The van der Waals surface area contributed by atoms with Crippen molar-refractivity contribution in [2.45, 2.75) is 39.4 Å². The molecule has 1 aliphatic rings. The fourth-order valence-electron chi connectivity index (χ4n) is 4.53. The Bertz CT molecular complexity index is 1490. The van der Waals surface area contributed by atoms with E-state index in [1.54, 1.807) is 44.9 Å². The van der Waals surface area contributed by atoms with Crippen LogP contribution in [0.15, 0.2) is 65.8 Å². The van der Waals surface area contributed by atoms with E-state index in [0.717, 1.165) is 23.4 Å². The Morgan fingerprint density at radius 1 is 1.11 bits per heavy atom. The van der Waals surface area contributed by atoms with E-state index in [0.29, 0.717) is 24.2 Å². The molecule has 0 aliphatic carbocycles. The Morgan fingerprint density at radius 2 is 1.94 bits per heavy atom. The molecular weight excluding hydrogens is 464 g/mol. The molecule has 1 aliphatic heterocycles. The molecule has 0 spiro atoms. The average molecular weight is 490 g/mol. The third kappa shape index (κ3) is 4.44. The lowest BCUT2D eigenvalue weighted by Crippen LogP contribution is -2.39. The Balaban J connectivity index is 1.57. The predicted octanol–water partition coefficient (Wildman–Crippen LogP) is 4.21. The lowest BCUT2D eigenvalue weighted by atomic mass is 9.98. The van der Waals surface area contributed by atoms with Crippen molar-refractivity contribution in [2.24, 2.45) is 0 Å². The van der Waals surface area contributed by atoms with Crippen LogP contribution in [0.2, 0.25) is 0 Å². The predicted molar refractivity (Wildman–Crippen MR) is 130 cm³/mol. The summed E-state index contributed by atoms with van der Waals surface area (Å²) in [6.07, 6.45) is 5.38. The van der Waals surface area contributed by atoms with Crippen molar-refractivity contribution in [3.8, 4) is 11.1 Å². The average Bonchev–Trinajstić information content (AvgIpc) is 3.37. The van der Waals surface area contributed by atoms with Crippen LogP contribution in [0, 0.1) is 11.6 Å². The minimum atomic E-state index is -0.818. The van der Waals surface area contributed by atoms with Gasteiger partial charge in [-0.25, -0.2) is 8.78 Å². The number of benzene rings is 1. The summed E-state index contributed by atoms with van der Waals surface area (Å²) < 4.78 is 31.6. The van der Waals surface area contributed by atoms with Crippen LogP contribution in [0.1, 0.15) is 47.2 Å². The molecular formula is C27H25F2N5O2. The molecule has 0 atom stereocenters. The molecule has 7 nitrogen and oxygen atoms in total. The van der Waals surface area contributed by atoms with Gasteiger partial charge in [-0.3, -0.25) is 19.3 Å². The number of amides is 1. The molecule has 0 saturated carbocycles. The maximum absolute atomic E-state index is 14.7. The van der Waals surface area contributed by atoms with E-state index in [2.05, 4.69) is 10.1 Å². The summed E-state index contributed by atoms with van der Waals surface area (Å²) in [6, 6.07) is 10.3. The molecule has 5 rings (SSSR count). The van der Waals surface area contributed by atoms with Crippen LogP contribution in [0.3, 0.4) is 0 Å². The second kappa shape index (κ2) is 9.49. The van der Waals surface area contributed by atoms with Gasteiger partial charge < -0.3 is 9.47 Å². The van der Waals surface area contributed by atoms with Gasteiger partial charge in [0.2, 0.25) is 0 Å². The van der Waals surface area contributed by atoms with Crippen molar-refractivity contribution in [1.29, 1.82) is 0 Å². The molecule has 4 heterocycles. The summed E-state index contributed by atoms with van der Waals surface area (Å²) in [7, 11) is 0. The first-order valence-electron chi connectivity index (χ1n) is 11.8. The number of carbonyl (C=O) groups excluding carboxylic acids is 1. The summed E-state index contributed by atoms with van der Waals surface area (Å²) in [5, 5.41) is 4.26. The van der Waals surface area contributed by atoms with E-state index < -0.39 is 11.6 Å². The minimum Gasteiger partial charge on any atom is -0.334 e. The van der Waals surface area contributed by atoms with Crippen molar-refractivity contribution < 1.29 is 13.6 Å². The number of halogens is 2. The highest BCUT2D eigenvalue weighted by molar-refractivity contribution is 5.93. The lowest BCUT2D eigenvalue weighted by Gasteiger charge is -2.31. The second-order valence-electron chi connectivity index (χ2n) is 9.15. The van der Waals surface area contributed by atoms with Crippen molar-refractivity contribution in [3.05, 3.63) is 106 Å². The van der Waals surface area contributed by atoms with Crippen LogP contribution in [0.4, 0.5) is 8.78 Å². The number of rotatable bonds is 5. The van der Waals surface area contributed by atoms with Crippen LogP contribution in [-0.4, -0.2) is 36.7 Å². The number of nitrogens with zero attached hydrogens (tertiary/aromatic N) is 5. The molecule has 0 unspecified atom stereocenters. The van der Waals surface area contributed by atoms with Crippen LogP contribution < -0.4 is 5.56 Å². The van der Waals surface area contributed by atoms with Crippen LogP contribution >= 0.6 is 0 Å². The highest BCUT2D eigenvalue weighted by atomic mass is 19.1. The molecule has 4 aromatic rings. The molecule has 1 aromatic carbocycles. The van der Waals surface area contributed by atoms with Gasteiger partial charge in [-0.2, -0.15) is 5.10 Å².